The third kappa shape index (κ3) is 3.85. The van der Waals surface area contributed by atoms with Gasteiger partial charge in [-0.1, -0.05) is 0 Å². The summed E-state index contributed by atoms with van der Waals surface area (Å²) in [6.07, 6.45) is 2.83. The second-order valence-electron chi connectivity index (χ2n) is 5.58. The van der Waals surface area contributed by atoms with E-state index in [2.05, 4.69) is 4.90 Å². The lowest BCUT2D eigenvalue weighted by Crippen LogP contribution is -2.25. The summed E-state index contributed by atoms with van der Waals surface area (Å²) in [5.74, 6) is -1.04. The van der Waals surface area contributed by atoms with E-state index in [0.29, 0.717) is 25.2 Å². The first kappa shape index (κ1) is 15.6. The number of carboxylic acid groups (broad SMARTS) is 1. The van der Waals surface area contributed by atoms with Gasteiger partial charge in [-0.2, -0.15) is 0 Å². The van der Waals surface area contributed by atoms with E-state index in [1.54, 1.807) is 0 Å². The highest BCUT2D eigenvalue weighted by Crippen LogP contribution is 2.20. The second-order valence-corrected chi connectivity index (χ2v) is 5.58. The van der Waals surface area contributed by atoms with Crippen LogP contribution in [0, 0.1) is 6.92 Å². The molecule has 0 saturated carbocycles. The van der Waals surface area contributed by atoms with Gasteiger partial charge in [0.05, 0.1) is 5.69 Å². The number of aromatic hydroxyl groups is 1. The van der Waals surface area contributed by atoms with Gasteiger partial charge in [-0.05, 0) is 39.3 Å². The first-order valence-electron chi connectivity index (χ1n) is 7.35. The number of nitrogens with zero attached hydrogens (tertiary/aromatic N) is 2. The number of carboxylic acids is 1. The Bertz CT molecular complexity index is 574. The molecular formula is C15H22N2O4. The fourth-order valence-electron chi connectivity index (χ4n) is 2.83. The molecule has 6 nitrogen and oxygen atoms in total. The zero-order valence-electron chi connectivity index (χ0n) is 12.3. The molecule has 116 valence electrons. The van der Waals surface area contributed by atoms with Crippen molar-refractivity contribution in [2.24, 2.45) is 0 Å². The highest BCUT2D eigenvalue weighted by Gasteiger charge is 2.19. The van der Waals surface area contributed by atoms with E-state index in [0.717, 1.165) is 31.6 Å². The maximum Gasteiger partial charge on any atom is 0.303 e. The predicted molar refractivity (Wildman–Crippen MR) is 78.5 cm³/mol. The Morgan fingerprint density at radius 2 is 2.00 bits per heavy atom. The smallest absolute Gasteiger partial charge is 0.303 e. The highest BCUT2D eigenvalue weighted by atomic mass is 16.4. The fourth-order valence-corrected chi connectivity index (χ4v) is 2.83. The number of pyridine rings is 1. The molecule has 1 aromatic rings. The molecule has 0 atom stereocenters. The number of carbonyl (C=O) groups is 1. The van der Waals surface area contributed by atoms with Crippen LogP contribution < -0.4 is 5.43 Å². The molecule has 2 N–H and O–H groups in total. The maximum absolute atomic E-state index is 11.8. The van der Waals surface area contributed by atoms with E-state index >= 15 is 0 Å². The van der Waals surface area contributed by atoms with Crippen LogP contribution in [-0.2, 0) is 17.9 Å². The molecule has 2 heterocycles. The number of hydrogen-bond acceptors (Lipinski definition) is 4. The Balaban J connectivity index is 2.25. The maximum atomic E-state index is 11.8. The van der Waals surface area contributed by atoms with Crippen LogP contribution >= 0.6 is 0 Å². The quantitative estimate of drug-likeness (QED) is 0.827. The van der Waals surface area contributed by atoms with Crippen LogP contribution in [0.2, 0.25) is 0 Å². The minimum atomic E-state index is -0.834. The molecule has 0 spiro atoms. The third-order valence-corrected chi connectivity index (χ3v) is 3.94. The van der Waals surface area contributed by atoms with Crippen LogP contribution in [0.5, 0.6) is 5.75 Å². The zero-order chi connectivity index (χ0) is 15.4. The van der Waals surface area contributed by atoms with E-state index < -0.39 is 5.97 Å². The topological polar surface area (TPSA) is 82.8 Å². The van der Waals surface area contributed by atoms with Crippen molar-refractivity contribution in [3.63, 3.8) is 0 Å². The molecule has 6 heteroatoms. The Labute approximate surface area is 123 Å². The van der Waals surface area contributed by atoms with Crippen molar-refractivity contribution in [3.8, 4) is 5.75 Å². The van der Waals surface area contributed by atoms with Crippen molar-refractivity contribution in [1.29, 1.82) is 0 Å². The number of aliphatic carboxylic acids is 1. The van der Waals surface area contributed by atoms with Crippen LogP contribution in [0.1, 0.15) is 37.1 Å². The van der Waals surface area contributed by atoms with Crippen molar-refractivity contribution in [3.05, 3.63) is 27.7 Å². The van der Waals surface area contributed by atoms with Gasteiger partial charge in [-0.25, -0.2) is 0 Å². The molecule has 1 aliphatic rings. The van der Waals surface area contributed by atoms with E-state index in [-0.39, 0.29) is 17.6 Å². The van der Waals surface area contributed by atoms with Crippen LogP contribution in [0.3, 0.4) is 0 Å². The summed E-state index contributed by atoms with van der Waals surface area (Å²) in [4.78, 5) is 24.6. The molecular weight excluding hydrogens is 272 g/mol. The third-order valence-electron chi connectivity index (χ3n) is 3.94. The highest BCUT2D eigenvalue weighted by molar-refractivity contribution is 5.66. The summed E-state index contributed by atoms with van der Waals surface area (Å²) in [5, 5.41) is 18.8. The number of hydrogen-bond donors (Lipinski definition) is 2. The molecule has 0 unspecified atom stereocenters. The normalized spacial score (nSPS) is 15.5. The summed E-state index contributed by atoms with van der Waals surface area (Å²) in [6, 6.07) is 1.41. The number of aryl methyl sites for hydroxylation is 1. The van der Waals surface area contributed by atoms with Crippen molar-refractivity contribution in [2.45, 2.75) is 45.7 Å². The minimum absolute atomic E-state index is 0.0789. The summed E-state index contributed by atoms with van der Waals surface area (Å²) < 4.78 is 1.87. The first-order valence-corrected chi connectivity index (χ1v) is 7.35. The molecule has 1 aliphatic heterocycles. The molecule has 0 aliphatic carbocycles. The Morgan fingerprint density at radius 1 is 1.33 bits per heavy atom. The van der Waals surface area contributed by atoms with Gasteiger partial charge in [0.15, 0.2) is 5.75 Å². The lowest BCUT2D eigenvalue weighted by Gasteiger charge is -2.22. The molecule has 1 saturated heterocycles. The molecule has 1 fully saturated rings. The SMILES string of the molecule is Cc1cc(=O)c(O)c(CN2CCCC2)n1CCCC(=O)O. The van der Waals surface area contributed by atoms with Gasteiger partial charge in [0.25, 0.3) is 0 Å². The minimum Gasteiger partial charge on any atom is -0.503 e. The van der Waals surface area contributed by atoms with Crippen molar-refractivity contribution in [1.82, 2.24) is 9.47 Å². The molecule has 0 amide bonds. The summed E-state index contributed by atoms with van der Waals surface area (Å²) in [6.45, 7) is 4.79. The van der Waals surface area contributed by atoms with E-state index in [9.17, 15) is 14.7 Å². The standard InChI is InChI=1S/C15H22N2O4/c1-11-9-13(18)15(21)12(10-16-6-2-3-7-16)17(11)8-4-5-14(19)20/h9,21H,2-8,10H2,1H3,(H,19,20). The number of rotatable bonds is 6. The first-order chi connectivity index (χ1) is 9.99. The van der Waals surface area contributed by atoms with Gasteiger partial charge < -0.3 is 14.8 Å². The fraction of sp³-hybridized carbons (Fsp3) is 0.600. The lowest BCUT2D eigenvalue weighted by atomic mass is 10.2. The van der Waals surface area contributed by atoms with Gasteiger partial charge in [0.2, 0.25) is 5.43 Å². The molecule has 0 radical (unpaired) electrons. The Morgan fingerprint density at radius 3 is 2.62 bits per heavy atom. The largest absolute Gasteiger partial charge is 0.503 e. The second kappa shape index (κ2) is 6.76. The van der Waals surface area contributed by atoms with Gasteiger partial charge in [0.1, 0.15) is 0 Å². The number of likely N-dealkylation sites (tertiary alicyclic amines) is 1. The molecule has 2 rings (SSSR count). The van der Waals surface area contributed by atoms with Crippen LogP contribution in [0.25, 0.3) is 0 Å². The van der Waals surface area contributed by atoms with Crippen LogP contribution in [0.15, 0.2) is 10.9 Å². The average Bonchev–Trinajstić information content (AvgIpc) is 2.91. The van der Waals surface area contributed by atoms with Gasteiger partial charge in [-0.3, -0.25) is 14.5 Å². The summed E-state index contributed by atoms with van der Waals surface area (Å²) in [5.41, 5.74) is 1.00. The van der Waals surface area contributed by atoms with Crippen LogP contribution in [0.4, 0.5) is 0 Å². The van der Waals surface area contributed by atoms with Crippen LogP contribution in [-0.4, -0.2) is 38.7 Å². The van der Waals surface area contributed by atoms with Gasteiger partial charge in [0, 0.05) is 31.3 Å². The predicted octanol–water partition coefficient (Wildman–Crippen LogP) is 1.32. The Hall–Kier alpha value is -1.82. The van der Waals surface area contributed by atoms with Crippen molar-refractivity contribution < 1.29 is 15.0 Å². The summed E-state index contributed by atoms with van der Waals surface area (Å²) in [7, 11) is 0. The molecule has 21 heavy (non-hydrogen) atoms. The van der Waals surface area contributed by atoms with Crippen molar-refractivity contribution >= 4 is 5.97 Å². The number of aromatic nitrogens is 1. The van der Waals surface area contributed by atoms with Gasteiger partial charge in [-0.15, -0.1) is 0 Å². The Kier molecular flexibility index (Phi) is 5.01. The van der Waals surface area contributed by atoms with E-state index in [1.165, 1.54) is 6.07 Å². The van der Waals surface area contributed by atoms with E-state index in [4.69, 9.17) is 5.11 Å². The zero-order valence-corrected chi connectivity index (χ0v) is 12.3. The monoisotopic (exact) mass is 294 g/mol. The van der Waals surface area contributed by atoms with Gasteiger partial charge >= 0.3 is 5.97 Å². The lowest BCUT2D eigenvalue weighted by molar-refractivity contribution is -0.137. The summed E-state index contributed by atoms with van der Waals surface area (Å²) >= 11 is 0. The van der Waals surface area contributed by atoms with E-state index in [1.807, 2.05) is 11.5 Å². The molecule has 0 bridgehead atoms. The van der Waals surface area contributed by atoms with Crippen molar-refractivity contribution in [2.75, 3.05) is 13.1 Å². The molecule has 1 aromatic heterocycles. The molecule has 0 aromatic carbocycles. The average molecular weight is 294 g/mol.